The van der Waals surface area contributed by atoms with Crippen LogP contribution in [0.4, 0.5) is 5.69 Å². The molecular weight excluding hydrogens is 390 g/mol. The molecule has 0 spiro atoms. The highest BCUT2D eigenvalue weighted by atomic mass is 35.5. The summed E-state index contributed by atoms with van der Waals surface area (Å²) in [7, 11) is 0. The van der Waals surface area contributed by atoms with E-state index >= 15 is 0 Å². The van der Waals surface area contributed by atoms with E-state index in [9.17, 15) is 14.4 Å². The lowest BCUT2D eigenvalue weighted by Gasteiger charge is -2.35. The van der Waals surface area contributed by atoms with Crippen molar-refractivity contribution in [1.29, 1.82) is 0 Å². The minimum Gasteiger partial charge on any atom is -0.335 e. The van der Waals surface area contributed by atoms with Gasteiger partial charge in [0.1, 0.15) is 0 Å². The molecule has 29 heavy (non-hydrogen) atoms. The number of anilines is 1. The van der Waals surface area contributed by atoms with Gasteiger partial charge >= 0.3 is 0 Å². The van der Waals surface area contributed by atoms with Gasteiger partial charge in [0.05, 0.1) is 0 Å². The zero-order valence-electron chi connectivity index (χ0n) is 16.0. The molecule has 2 heterocycles. The number of piperazine rings is 1. The molecule has 3 amide bonds. The Balaban J connectivity index is 1.39. The summed E-state index contributed by atoms with van der Waals surface area (Å²) in [5.41, 5.74) is 1.94. The fraction of sp³-hybridized carbons (Fsp3) is 0.318. The van der Waals surface area contributed by atoms with E-state index in [1.165, 1.54) is 0 Å². The van der Waals surface area contributed by atoms with Crippen LogP contribution in [0.15, 0.2) is 48.5 Å². The van der Waals surface area contributed by atoms with Gasteiger partial charge in [-0.3, -0.25) is 14.4 Å². The fourth-order valence-electron chi connectivity index (χ4n) is 3.80. The second kappa shape index (κ2) is 8.25. The van der Waals surface area contributed by atoms with Crippen LogP contribution in [0.25, 0.3) is 0 Å². The third kappa shape index (κ3) is 4.12. The molecule has 0 unspecified atom stereocenters. The molecule has 0 aliphatic carbocycles. The molecule has 0 bridgehead atoms. The van der Waals surface area contributed by atoms with Gasteiger partial charge in [-0.05, 0) is 48.9 Å². The fourth-order valence-corrected chi connectivity index (χ4v) is 3.92. The highest BCUT2D eigenvalue weighted by Crippen LogP contribution is 2.23. The molecular formula is C22H22ClN3O3. The number of hydrogen-bond donors (Lipinski definition) is 0. The predicted molar refractivity (Wildman–Crippen MR) is 111 cm³/mol. The highest BCUT2D eigenvalue weighted by Gasteiger charge is 2.27. The van der Waals surface area contributed by atoms with Crippen molar-refractivity contribution in [3.63, 3.8) is 0 Å². The summed E-state index contributed by atoms with van der Waals surface area (Å²) in [4.78, 5) is 42.8. The number of benzene rings is 2. The average molecular weight is 412 g/mol. The zero-order valence-corrected chi connectivity index (χ0v) is 16.8. The van der Waals surface area contributed by atoms with E-state index in [1.54, 1.807) is 51.1 Å². The van der Waals surface area contributed by atoms with Gasteiger partial charge in [-0.25, -0.2) is 0 Å². The van der Waals surface area contributed by atoms with E-state index < -0.39 is 0 Å². The van der Waals surface area contributed by atoms with Crippen LogP contribution >= 0.6 is 11.6 Å². The number of nitrogens with zero attached hydrogens (tertiary/aromatic N) is 3. The van der Waals surface area contributed by atoms with Crippen LogP contribution in [0.1, 0.15) is 33.6 Å². The first-order valence-electron chi connectivity index (χ1n) is 9.77. The number of rotatable bonds is 3. The maximum atomic E-state index is 12.9. The quantitative estimate of drug-likeness (QED) is 0.779. The third-order valence-electron chi connectivity index (χ3n) is 5.42. The Kier molecular flexibility index (Phi) is 5.53. The van der Waals surface area contributed by atoms with Crippen LogP contribution in [0.5, 0.6) is 0 Å². The maximum absolute atomic E-state index is 12.9. The summed E-state index contributed by atoms with van der Waals surface area (Å²) < 4.78 is 0. The minimum absolute atomic E-state index is 0.0525. The van der Waals surface area contributed by atoms with Crippen molar-refractivity contribution >= 4 is 35.0 Å². The lowest BCUT2D eigenvalue weighted by Crippen LogP contribution is -2.50. The molecule has 0 aromatic heterocycles. The Labute approximate surface area is 174 Å². The van der Waals surface area contributed by atoms with Crippen LogP contribution in [-0.2, 0) is 4.79 Å². The molecule has 7 heteroatoms. The van der Waals surface area contributed by atoms with Crippen LogP contribution in [0.2, 0.25) is 5.02 Å². The molecule has 0 N–H and O–H groups in total. The van der Waals surface area contributed by atoms with Gasteiger partial charge in [-0.1, -0.05) is 17.7 Å². The van der Waals surface area contributed by atoms with Crippen molar-refractivity contribution < 1.29 is 14.4 Å². The Morgan fingerprint density at radius 3 is 2.00 bits per heavy atom. The molecule has 2 aromatic rings. The molecule has 2 aliphatic rings. The summed E-state index contributed by atoms with van der Waals surface area (Å²) in [6.07, 6.45) is 1.41. The van der Waals surface area contributed by atoms with Gasteiger partial charge in [0.15, 0.2) is 0 Å². The van der Waals surface area contributed by atoms with Gasteiger partial charge in [-0.2, -0.15) is 0 Å². The van der Waals surface area contributed by atoms with E-state index in [0.29, 0.717) is 55.3 Å². The standard InChI is InChI=1S/C22H22ClN3O3/c23-18-8-6-16(7-9-18)21(28)24-11-13-25(14-12-24)22(29)17-3-1-4-19(15-17)26-10-2-5-20(26)27/h1,3-4,6-9,15H,2,5,10-14H2. The van der Waals surface area contributed by atoms with Gasteiger partial charge in [0.2, 0.25) is 5.91 Å². The molecule has 0 atom stereocenters. The van der Waals surface area contributed by atoms with Gasteiger partial charge in [0.25, 0.3) is 11.8 Å². The molecule has 2 aliphatic heterocycles. The molecule has 2 fully saturated rings. The molecule has 0 radical (unpaired) electrons. The van der Waals surface area contributed by atoms with Gasteiger partial charge < -0.3 is 14.7 Å². The minimum atomic E-state index is -0.0721. The molecule has 4 rings (SSSR count). The predicted octanol–water partition coefficient (Wildman–Crippen LogP) is 3.07. The first-order chi connectivity index (χ1) is 14.0. The normalized spacial score (nSPS) is 17.0. The number of carbonyl (C=O) groups excluding carboxylic acids is 3. The molecule has 2 aromatic carbocycles. The maximum Gasteiger partial charge on any atom is 0.254 e. The van der Waals surface area contributed by atoms with Crippen molar-refractivity contribution in [2.24, 2.45) is 0 Å². The lowest BCUT2D eigenvalue weighted by atomic mass is 10.1. The zero-order chi connectivity index (χ0) is 20.4. The third-order valence-corrected chi connectivity index (χ3v) is 5.68. The Morgan fingerprint density at radius 2 is 1.41 bits per heavy atom. The van der Waals surface area contributed by atoms with Crippen LogP contribution < -0.4 is 4.90 Å². The highest BCUT2D eigenvalue weighted by molar-refractivity contribution is 6.30. The van der Waals surface area contributed by atoms with E-state index in [2.05, 4.69) is 0 Å². The number of carbonyl (C=O) groups is 3. The first-order valence-corrected chi connectivity index (χ1v) is 10.2. The lowest BCUT2D eigenvalue weighted by molar-refractivity contribution is -0.117. The van der Waals surface area contributed by atoms with E-state index in [-0.39, 0.29) is 17.7 Å². The second-order valence-corrected chi connectivity index (χ2v) is 7.73. The SMILES string of the molecule is O=C(c1ccc(Cl)cc1)N1CCN(C(=O)c2cccc(N3CCCC3=O)c2)CC1. The van der Waals surface area contributed by atoms with Crippen LogP contribution in [0.3, 0.4) is 0 Å². The van der Waals surface area contributed by atoms with Crippen molar-refractivity contribution in [3.8, 4) is 0 Å². The second-order valence-electron chi connectivity index (χ2n) is 7.29. The molecule has 0 saturated carbocycles. The Hall–Kier alpha value is -2.86. The number of hydrogen-bond acceptors (Lipinski definition) is 3. The summed E-state index contributed by atoms with van der Waals surface area (Å²) in [6, 6.07) is 14.1. The largest absolute Gasteiger partial charge is 0.335 e. The van der Waals surface area contributed by atoms with Crippen LogP contribution in [-0.4, -0.2) is 60.2 Å². The Bertz CT molecular complexity index is 937. The monoisotopic (exact) mass is 411 g/mol. The average Bonchev–Trinajstić information content (AvgIpc) is 3.19. The summed E-state index contributed by atoms with van der Waals surface area (Å²) in [5.74, 6) is -0.0238. The first kappa shape index (κ1) is 19.5. The molecule has 150 valence electrons. The van der Waals surface area contributed by atoms with Crippen molar-refractivity contribution in [2.75, 3.05) is 37.6 Å². The van der Waals surface area contributed by atoms with Crippen molar-refractivity contribution in [3.05, 3.63) is 64.7 Å². The Morgan fingerprint density at radius 1 is 0.793 bits per heavy atom. The summed E-state index contributed by atoms with van der Waals surface area (Å²) in [5, 5.41) is 0.592. The van der Waals surface area contributed by atoms with Gasteiger partial charge in [-0.15, -0.1) is 0 Å². The number of halogens is 1. The molecule has 6 nitrogen and oxygen atoms in total. The number of amides is 3. The van der Waals surface area contributed by atoms with Crippen LogP contribution in [0, 0.1) is 0 Å². The summed E-state index contributed by atoms with van der Waals surface area (Å²) >= 11 is 5.88. The smallest absolute Gasteiger partial charge is 0.254 e. The van der Waals surface area contributed by atoms with Gasteiger partial charge in [0, 0.05) is 61.0 Å². The summed E-state index contributed by atoms with van der Waals surface area (Å²) in [6.45, 7) is 2.62. The topological polar surface area (TPSA) is 60.9 Å². The van der Waals surface area contributed by atoms with E-state index in [0.717, 1.165) is 12.1 Å². The van der Waals surface area contributed by atoms with Crippen molar-refractivity contribution in [2.45, 2.75) is 12.8 Å². The van der Waals surface area contributed by atoms with Crippen molar-refractivity contribution in [1.82, 2.24) is 9.80 Å². The van der Waals surface area contributed by atoms with E-state index in [4.69, 9.17) is 11.6 Å². The molecule has 2 saturated heterocycles. The van der Waals surface area contributed by atoms with E-state index in [1.807, 2.05) is 12.1 Å².